The molecule has 5 aliphatic rings. The molecule has 1 amide bonds. The monoisotopic (exact) mass is 945 g/mol. The third-order valence-corrected chi connectivity index (χ3v) is 16.7. The molecular formula is C53H59ClF3NO9. The number of allylic oxidation sites excluding steroid dienone is 2. The Kier molecular flexibility index (Phi) is 12.6. The molecule has 67 heavy (non-hydrogen) atoms. The number of amides is 1. The second-order valence-electron chi connectivity index (χ2n) is 20.1. The Morgan fingerprint density at radius 1 is 0.925 bits per heavy atom. The first kappa shape index (κ1) is 48.4. The first-order valence-electron chi connectivity index (χ1n) is 22.9. The number of nitrogens with zero attached hydrogens (tertiary/aromatic N) is 1. The Bertz CT molecular complexity index is 2640. The SMILES string of the molecule is COc1ccc(CN(CC2(O)CCC3c4ccc(cc4C(=O)c4ccc(-c5cc(C(F)(F)F)ccc5Cl)o4)CC(O)CCC(C)=CCCC32C)C(=O)C23CCC(C)(C(=O)O2)C3(C)C)c(OC)c1. The van der Waals surface area contributed by atoms with Gasteiger partial charge in [0.15, 0.2) is 11.4 Å². The van der Waals surface area contributed by atoms with Crippen LogP contribution in [0.25, 0.3) is 11.3 Å². The number of furan rings is 1. The van der Waals surface area contributed by atoms with Crippen molar-refractivity contribution in [1.29, 1.82) is 0 Å². The van der Waals surface area contributed by atoms with Gasteiger partial charge in [-0.2, -0.15) is 13.2 Å². The lowest BCUT2D eigenvalue weighted by atomic mass is 9.64. The molecule has 358 valence electrons. The lowest BCUT2D eigenvalue weighted by Crippen LogP contribution is -2.60. The Balaban J connectivity index is 1.22. The largest absolute Gasteiger partial charge is 0.497 e. The van der Waals surface area contributed by atoms with E-state index in [-0.39, 0.29) is 53.6 Å². The van der Waals surface area contributed by atoms with Crippen LogP contribution in [0.1, 0.15) is 130 Å². The molecule has 6 unspecified atom stereocenters. The molecule has 1 aromatic heterocycles. The van der Waals surface area contributed by atoms with E-state index >= 15 is 4.79 Å². The predicted molar refractivity (Wildman–Crippen MR) is 246 cm³/mol. The van der Waals surface area contributed by atoms with Crippen LogP contribution in [0.3, 0.4) is 0 Å². The number of hydrogen-bond acceptors (Lipinski definition) is 9. The van der Waals surface area contributed by atoms with E-state index in [1.165, 1.54) is 19.2 Å². The Labute approximate surface area is 394 Å². The minimum absolute atomic E-state index is 0.0116. The number of alkyl halides is 3. The number of aliphatic hydroxyl groups excluding tert-OH is 1. The number of fused-ring (bicyclic) bond motifs is 10. The maximum absolute atomic E-state index is 15.5. The Morgan fingerprint density at radius 3 is 2.36 bits per heavy atom. The van der Waals surface area contributed by atoms with Crippen molar-refractivity contribution in [2.24, 2.45) is 16.2 Å². The topological polar surface area (TPSA) is 136 Å². The Morgan fingerprint density at radius 2 is 1.69 bits per heavy atom. The summed E-state index contributed by atoms with van der Waals surface area (Å²) < 4.78 is 64.7. The lowest BCUT2D eigenvalue weighted by Gasteiger charge is -2.47. The highest BCUT2D eigenvalue weighted by Crippen LogP contribution is 2.66. The molecule has 2 N–H and O–H groups in total. The molecule has 4 aliphatic carbocycles. The number of ketones is 1. The summed E-state index contributed by atoms with van der Waals surface area (Å²) in [4.78, 5) is 45.6. The van der Waals surface area contributed by atoms with E-state index in [4.69, 9.17) is 30.2 Å². The molecule has 1 aliphatic heterocycles. The zero-order valence-electron chi connectivity index (χ0n) is 39.1. The van der Waals surface area contributed by atoms with Crippen LogP contribution in [0, 0.1) is 16.2 Å². The van der Waals surface area contributed by atoms with Gasteiger partial charge in [-0.25, -0.2) is 0 Å². The van der Waals surface area contributed by atoms with E-state index in [0.29, 0.717) is 73.1 Å². The number of ether oxygens (including phenoxy) is 3. The number of benzene rings is 3. The molecule has 3 fully saturated rings. The minimum Gasteiger partial charge on any atom is -0.497 e. The van der Waals surface area contributed by atoms with Crippen molar-refractivity contribution in [2.75, 3.05) is 20.8 Å². The van der Waals surface area contributed by atoms with E-state index in [9.17, 15) is 33.0 Å². The van der Waals surface area contributed by atoms with Crippen molar-refractivity contribution in [1.82, 2.24) is 4.90 Å². The standard InChI is InChI=1S/C53H59ClF3NO9/c1-31-9-8-21-49(4)40(37-16-11-32(25-35(59)14-10-31)26-38(37)45(60)43-19-18-42(66-43)39-27-34(53(55,56)57)13-17-41(39)54)20-22-51(49,63)30-58(29-33-12-15-36(64-6)28-44(33)65-7)46(61)52-24-23-50(5,47(62)67-52)48(52,2)3/h9,11-13,15-19,26-28,35,40,59,63H,8,10,14,20-25,29-30H2,1-7H3. The zero-order chi connectivity index (χ0) is 48.5. The first-order chi connectivity index (χ1) is 31.5. The van der Waals surface area contributed by atoms with E-state index in [1.807, 2.05) is 52.8 Å². The fraction of sp³-hybridized carbons (Fsp3) is 0.491. The number of hydrogen-bond donors (Lipinski definition) is 2. The van der Waals surface area contributed by atoms with Crippen LogP contribution in [0.4, 0.5) is 13.2 Å². The maximum Gasteiger partial charge on any atom is 0.416 e. The highest BCUT2D eigenvalue weighted by Gasteiger charge is 2.76. The number of esters is 1. The third-order valence-electron chi connectivity index (χ3n) is 16.3. The molecule has 0 radical (unpaired) electrons. The number of methoxy groups -OCH3 is 2. The second kappa shape index (κ2) is 17.4. The summed E-state index contributed by atoms with van der Waals surface area (Å²) in [5, 5.41) is 24.7. The molecule has 10 nitrogen and oxygen atoms in total. The summed E-state index contributed by atoms with van der Waals surface area (Å²) in [7, 11) is 3.08. The molecule has 1 saturated heterocycles. The molecule has 6 atom stereocenters. The second-order valence-corrected chi connectivity index (χ2v) is 20.6. The molecule has 4 bridgehead atoms. The smallest absolute Gasteiger partial charge is 0.416 e. The molecule has 3 aromatic carbocycles. The van der Waals surface area contributed by atoms with Gasteiger partial charge in [0.2, 0.25) is 5.78 Å². The quantitative estimate of drug-likeness (QED) is 0.0905. The van der Waals surface area contributed by atoms with Crippen LogP contribution in [0.2, 0.25) is 5.02 Å². The summed E-state index contributed by atoms with van der Waals surface area (Å²) in [5.74, 6) is -0.937. The van der Waals surface area contributed by atoms with Crippen LogP contribution < -0.4 is 9.47 Å². The average Bonchev–Trinajstić information content (AvgIpc) is 3.96. The molecule has 14 heteroatoms. The van der Waals surface area contributed by atoms with Crippen molar-refractivity contribution < 1.29 is 56.4 Å². The Hall–Kier alpha value is -5.11. The van der Waals surface area contributed by atoms with E-state index in [0.717, 1.165) is 23.8 Å². The van der Waals surface area contributed by atoms with Crippen LogP contribution in [0.15, 0.2) is 82.8 Å². The zero-order valence-corrected chi connectivity index (χ0v) is 39.8. The molecule has 2 heterocycles. The van der Waals surface area contributed by atoms with Crippen molar-refractivity contribution >= 4 is 29.3 Å². The van der Waals surface area contributed by atoms with Gasteiger partial charge in [0.05, 0.1) is 48.5 Å². The average molecular weight is 946 g/mol. The van der Waals surface area contributed by atoms with Crippen LogP contribution in [0.5, 0.6) is 11.5 Å². The molecule has 2 saturated carbocycles. The van der Waals surface area contributed by atoms with Gasteiger partial charge in [0.1, 0.15) is 17.3 Å². The van der Waals surface area contributed by atoms with E-state index < -0.39 is 68.9 Å². The minimum atomic E-state index is -4.64. The number of halogens is 4. The predicted octanol–water partition coefficient (Wildman–Crippen LogP) is 11.1. The van der Waals surface area contributed by atoms with Gasteiger partial charge in [0.25, 0.3) is 5.91 Å². The van der Waals surface area contributed by atoms with Gasteiger partial charge in [-0.05, 0) is 137 Å². The summed E-state index contributed by atoms with van der Waals surface area (Å²) in [5.41, 5.74) is -3.42. The summed E-state index contributed by atoms with van der Waals surface area (Å²) in [6.07, 6.45) is 0.583. The van der Waals surface area contributed by atoms with Gasteiger partial charge in [-0.1, -0.05) is 56.2 Å². The van der Waals surface area contributed by atoms with Crippen LogP contribution in [-0.2, 0) is 33.5 Å². The lowest BCUT2D eigenvalue weighted by molar-refractivity contribution is -0.178. The number of aliphatic hydroxyl groups is 2. The normalized spacial score (nSPS) is 28.1. The van der Waals surface area contributed by atoms with Gasteiger partial charge in [-0.3, -0.25) is 14.4 Å². The third kappa shape index (κ3) is 8.16. The molecule has 0 spiro atoms. The summed E-state index contributed by atoms with van der Waals surface area (Å²) in [6, 6.07) is 16.5. The van der Waals surface area contributed by atoms with Gasteiger partial charge in [0, 0.05) is 40.1 Å². The molecule has 9 rings (SSSR count). The van der Waals surface area contributed by atoms with Gasteiger partial charge in [-0.15, -0.1) is 0 Å². The summed E-state index contributed by atoms with van der Waals surface area (Å²) >= 11 is 6.38. The van der Waals surface area contributed by atoms with Crippen molar-refractivity contribution in [2.45, 2.75) is 128 Å². The van der Waals surface area contributed by atoms with Crippen molar-refractivity contribution in [3.05, 3.63) is 117 Å². The highest BCUT2D eigenvalue weighted by atomic mass is 35.5. The molecule has 4 aromatic rings. The fourth-order valence-electron chi connectivity index (χ4n) is 11.5. The molecular weight excluding hydrogens is 887 g/mol. The van der Waals surface area contributed by atoms with Crippen LogP contribution in [-0.4, -0.2) is 70.8 Å². The number of carbonyl (C=O) groups is 3. The van der Waals surface area contributed by atoms with Crippen LogP contribution >= 0.6 is 11.6 Å². The number of carbonyl (C=O) groups excluding carboxylic acids is 3. The van der Waals surface area contributed by atoms with Gasteiger partial charge < -0.3 is 33.7 Å². The highest BCUT2D eigenvalue weighted by molar-refractivity contribution is 6.33. The fourth-order valence-corrected chi connectivity index (χ4v) is 11.7. The first-order valence-corrected chi connectivity index (χ1v) is 23.3. The number of rotatable bonds is 10. The van der Waals surface area contributed by atoms with Crippen molar-refractivity contribution in [3.63, 3.8) is 0 Å². The summed E-state index contributed by atoms with van der Waals surface area (Å²) in [6.45, 7) is 9.56. The van der Waals surface area contributed by atoms with E-state index in [1.54, 1.807) is 30.2 Å². The van der Waals surface area contributed by atoms with Gasteiger partial charge >= 0.3 is 12.1 Å². The van der Waals surface area contributed by atoms with E-state index in [2.05, 4.69) is 6.08 Å². The van der Waals surface area contributed by atoms with Crippen molar-refractivity contribution in [3.8, 4) is 22.8 Å². The maximum atomic E-state index is 15.5.